The average molecular weight is 1280 g/mol. The van der Waals surface area contributed by atoms with Gasteiger partial charge in [-0.1, -0.05) is 260 Å². The molecule has 0 fully saturated rings. The van der Waals surface area contributed by atoms with E-state index in [1.54, 1.807) is 0 Å². The lowest BCUT2D eigenvalue weighted by Gasteiger charge is -2.22. The highest BCUT2D eigenvalue weighted by Gasteiger charge is 2.38. The zero-order valence-electron chi connectivity index (χ0n) is 56.4. The van der Waals surface area contributed by atoms with Crippen molar-refractivity contribution < 1.29 is 0 Å². The van der Waals surface area contributed by atoms with Gasteiger partial charge in [0.05, 0.1) is 33.1 Å². The van der Waals surface area contributed by atoms with Crippen molar-refractivity contribution in [3.63, 3.8) is 0 Å². The summed E-state index contributed by atoms with van der Waals surface area (Å²) in [5.41, 5.74) is 31.1. The van der Waals surface area contributed by atoms with E-state index in [1.165, 1.54) is 111 Å². The molecule has 0 amide bonds. The zero-order valence-corrected chi connectivity index (χ0v) is 56.4. The first kappa shape index (κ1) is 56.9. The van der Waals surface area contributed by atoms with Crippen LogP contribution < -0.4 is 0 Å². The van der Waals surface area contributed by atoms with Gasteiger partial charge in [-0.3, -0.25) is 9.13 Å². The van der Waals surface area contributed by atoms with Gasteiger partial charge in [0.25, 0.3) is 0 Å². The van der Waals surface area contributed by atoms with Crippen molar-refractivity contribution in [2.45, 2.75) is 57.8 Å². The number of para-hydroxylation sites is 3. The van der Waals surface area contributed by atoms with Gasteiger partial charge in [0.1, 0.15) is 0 Å². The van der Waals surface area contributed by atoms with Crippen LogP contribution in [0.25, 0.3) is 172 Å². The summed E-state index contributed by atoms with van der Waals surface area (Å²) in [6.07, 6.45) is 0. The predicted molar refractivity (Wildman–Crippen MR) is 415 cm³/mol. The molecule has 0 atom stereocenters. The van der Waals surface area contributed by atoms with Gasteiger partial charge in [-0.25, -0.2) is 0 Å². The first-order chi connectivity index (χ1) is 48.8. The summed E-state index contributed by atoms with van der Waals surface area (Å²) in [6.45, 7) is 14.1. The maximum absolute atomic E-state index is 5.74. The van der Waals surface area contributed by atoms with E-state index in [1.807, 2.05) is 0 Å². The Bertz CT molecular complexity index is 6400. The van der Waals surface area contributed by atoms with E-state index in [-0.39, 0.29) is 16.2 Å². The smallest absolute Gasteiger partial charge is 0.240 e. The van der Waals surface area contributed by atoms with Crippen LogP contribution >= 0.6 is 0 Å². The number of nitrogens with zero attached hydrogens (tertiary/aromatic N) is 6. The van der Waals surface area contributed by atoms with Crippen LogP contribution in [0.2, 0.25) is 0 Å². The van der Waals surface area contributed by atoms with Gasteiger partial charge >= 0.3 is 0 Å². The standard InChI is InChI=1S/C94H66N6/c1-92(2)77-25-13-7-19-65(77)68-41-34-57(49-80(68)92)60-37-44-74-71-22-10-16-28-83(71)98(86(74)52-60)64-40-33-55-47-63(32-31-56(55)48-64)89-95-90(99-84-29-17-11-23-72(84)75-45-38-61(53-87(75)99)58-35-42-69-66-20-8-14-26-78(66)93(3,4)81(69)50-58)97-91(96-89)100-85-30-18-12-24-73(85)76-46-39-62(54-88(76)100)59-36-43-70-67-21-9-15-27-79(67)94(5,6)82(70)51-59/h7-54H,1-6H3. The summed E-state index contributed by atoms with van der Waals surface area (Å²) < 4.78 is 6.99. The highest BCUT2D eigenvalue weighted by Crippen LogP contribution is 2.53. The van der Waals surface area contributed by atoms with Crippen molar-refractivity contribution in [1.82, 2.24) is 28.7 Å². The maximum Gasteiger partial charge on any atom is 0.240 e. The third-order valence-electron chi connectivity index (χ3n) is 23.1. The SMILES string of the molecule is CC1(C)c2ccccc2-c2ccc(-c3ccc4c5ccccc5n(-c5ccc6cc(-c7nc(-n8c9ccccc9c9ccc(-c%10ccc%11c(c%10)C(C)(C)c%10ccccc%10-%11)cc98)nc(-n8c9ccccc9c9ccc(-c%10ccc%11c(c%10)C(C)(C)c%10ccccc%10-%11)cc98)n7)ccc6c5)c4c3)cc21. The average Bonchev–Trinajstić information content (AvgIpc) is 1.59. The summed E-state index contributed by atoms with van der Waals surface area (Å²) in [5, 5.41) is 9.14. The van der Waals surface area contributed by atoms with Crippen molar-refractivity contribution in [1.29, 1.82) is 0 Å². The second-order valence-electron chi connectivity index (χ2n) is 29.6. The van der Waals surface area contributed by atoms with Gasteiger partial charge in [-0.15, -0.1) is 0 Å². The van der Waals surface area contributed by atoms with Crippen LogP contribution in [0.15, 0.2) is 291 Å². The summed E-state index contributed by atoms with van der Waals surface area (Å²) in [7, 11) is 0. The number of fused-ring (bicyclic) bond motifs is 19. The lowest BCUT2D eigenvalue weighted by molar-refractivity contribution is 0.660. The van der Waals surface area contributed by atoms with E-state index in [0.717, 1.165) is 76.8 Å². The van der Waals surface area contributed by atoms with Gasteiger partial charge in [-0.05, 0) is 184 Å². The number of benzene rings is 14. The Balaban J connectivity index is 0.739. The van der Waals surface area contributed by atoms with Crippen molar-refractivity contribution in [3.8, 4) is 95.7 Å². The van der Waals surface area contributed by atoms with Crippen LogP contribution in [0.1, 0.15) is 74.9 Å². The fourth-order valence-electron chi connectivity index (χ4n) is 18.0. The second-order valence-corrected chi connectivity index (χ2v) is 29.6. The number of hydrogen-bond donors (Lipinski definition) is 0. The molecule has 0 saturated carbocycles. The van der Waals surface area contributed by atoms with Crippen molar-refractivity contribution in [2.24, 2.45) is 0 Å². The van der Waals surface area contributed by atoms with Crippen LogP contribution in [-0.2, 0) is 16.2 Å². The fraction of sp³-hybridized carbons (Fsp3) is 0.0957. The minimum absolute atomic E-state index is 0.0968. The molecular formula is C94H66N6. The molecule has 4 aromatic heterocycles. The maximum atomic E-state index is 5.74. The third-order valence-corrected chi connectivity index (χ3v) is 23.1. The molecule has 472 valence electrons. The number of rotatable bonds is 7. The lowest BCUT2D eigenvalue weighted by Crippen LogP contribution is -2.14. The Morgan fingerprint density at radius 3 is 0.960 bits per heavy atom. The van der Waals surface area contributed by atoms with Gasteiger partial charge in [-0.2, -0.15) is 15.0 Å². The molecule has 3 aliphatic rings. The second kappa shape index (κ2) is 20.4. The normalized spacial score (nSPS) is 14.3. The fourth-order valence-corrected chi connectivity index (χ4v) is 18.0. The zero-order chi connectivity index (χ0) is 66.7. The Morgan fingerprint density at radius 1 is 0.220 bits per heavy atom. The molecule has 3 aliphatic carbocycles. The molecule has 14 aromatic carbocycles. The van der Waals surface area contributed by atoms with Crippen LogP contribution in [0, 0.1) is 0 Å². The Kier molecular flexibility index (Phi) is 11.6. The molecular weight excluding hydrogens is 1210 g/mol. The van der Waals surface area contributed by atoms with E-state index < -0.39 is 0 Å². The molecule has 18 aromatic rings. The molecule has 21 rings (SSSR count). The van der Waals surface area contributed by atoms with Crippen molar-refractivity contribution in [2.75, 3.05) is 0 Å². The van der Waals surface area contributed by atoms with Crippen LogP contribution in [0.3, 0.4) is 0 Å². The van der Waals surface area contributed by atoms with Gasteiger partial charge < -0.3 is 4.57 Å². The Labute approximate surface area is 579 Å². The highest BCUT2D eigenvalue weighted by atomic mass is 15.3. The molecule has 0 spiro atoms. The van der Waals surface area contributed by atoms with Crippen molar-refractivity contribution in [3.05, 3.63) is 325 Å². The van der Waals surface area contributed by atoms with Crippen LogP contribution in [0.5, 0.6) is 0 Å². The highest BCUT2D eigenvalue weighted by molar-refractivity contribution is 6.13. The quantitative estimate of drug-likeness (QED) is 0.160. The van der Waals surface area contributed by atoms with E-state index in [2.05, 4.69) is 346 Å². The molecule has 0 aliphatic heterocycles. The van der Waals surface area contributed by atoms with E-state index in [0.29, 0.717) is 17.7 Å². The minimum Gasteiger partial charge on any atom is -0.309 e. The molecule has 0 N–H and O–H groups in total. The van der Waals surface area contributed by atoms with Gasteiger partial charge in [0, 0.05) is 59.8 Å². The molecule has 0 radical (unpaired) electrons. The van der Waals surface area contributed by atoms with E-state index in [9.17, 15) is 0 Å². The Morgan fingerprint density at radius 2 is 0.530 bits per heavy atom. The van der Waals surface area contributed by atoms with Gasteiger partial charge in [0.15, 0.2) is 5.82 Å². The molecule has 0 saturated heterocycles. The van der Waals surface area contributed by atoms with Crippen LogP contribution in [-0.4, -0.2) is 28.7 Å². The molecule has 0 unspecified atom stereocenters. The van der Waals surface area contributed by atoms with Crippen molar-refractivity contribution >= 4 is 76.2 Å². The number of hydrogen-bond acceptors (Lipinski definition) is 3. The number of aromatic nitrogens is 6. The molecule has 0 bridgehead atoms. The third kappa shape index (κ3) is 7.98. The molecule has 4 heterocycles. The van der Waals surface area contributed by atoms with Gasteiger partial charge in [0.2, 0.25) is 11.9 Å². The molecule has 6 heteroatoms. The molecule has 6 nitrogen and oxygen atoms in total. The van der Waals surface area contributed by atoms with Crippen LogP contribution in [0.4, 0.5) is 0 Å². The summed E-state index contributed by atoms with van der Waals surface area (Å²) in [6, 6.07) is 108. The Hall–Kier alpha value is -12.3. The summed E-state index contributed by atoms with van der Waals surface area (Å²) in [4.78, 5) is 17.1. The first-order valence-electron chi connectivity index (χ1n) is 35.0. The van der Waals surface area contributed by atoms with E-state index in [4.69, 9.17) is 15.0 Å². The lowest BCUT2D eigenvalue weighted by atomic mass is 9.81. The largest absolute Gasteiger partial charge is 0.309 e. The molecule has 100 heavy (non-hydrogen) atoms. The topological polar surface area (TPSA) is 53.5 Å². The van der Waals surface area contributed by atoms with E-state index >= 15 is 0 Å². The summed E-state index contributed by atoms with van der Waals surface area (Å²) >= 11 is 0. The minimum atomic E-state index is -0.144. The monoisotopic (exact) mass is 1280 g/mol. The predicted octanol–water partition coefficient (Wildman–Crippen LogP) is 23.9. The summed E-state index contributed by atoms with van der Waals surface area (Å²) in [5.74, 6) is 1.64. The first-order valence-corrected chi connectivity index (χ1v) is 35.0.